The summed E-state index contributed by atoms with van der Waals surface area (Å²) >= 11 is 0. The van der Waals surface area contributed by atoms with Gasteiger partial charge in [0.1, 0.15) is 0 Å². The fourth-order valence-corrected chi connectivity index (χ4v) is 1.23. The molecule has 2 rings (SSSR count). The van der Waals surface area contributed by atoms with Crippen LogP contribution in [0.3, 0.4) is 0 Å². The molecule has 2 N–H and O–H groups in total. The molecule has 1 fully saturated rings. The highest BCUT2D eigenvalue weighted by atomic mass is 16.2. The normalized spacial score (nSPS) is 35.0. The van der Waals surface area contributed by atoms with E-state index in [9.17, 15) is 4.79 Å². The average molecular weight is 136 g/mol. The van der Waals surface area contributed by atoms with Crippen molar-refractivity contribution in [3.8, 4) is 0 Å². The highest BCUT2D eigenvalue weighted by molar-refractivity contribution is 5.78. The third-order valence-electron chi connectivity index (χ3n) is 1.73. The molecule has 0 bridgehead atoms. The van der Waals surface area contributed by atoms with Gasteiger partial charge in [-0.1, -0.05) is 24.3 Å². The Bertz CT molecular complexity index is 198. The summed E-state index contributed by atoms with van der Waals surface area (Å²) in [5.41, 5.74) is 0. The Morgan fingerprint density at radius 3 is 2.10 bits per heavy atom. The average Bonchev–Trinajstić information content (AvgIpc) is 2.27. The van der Waals surface area contributed by atoms with E-state index in [1.54, 1.807) is 0 Å². The molecule has 0 unspecified atom stereocenters. The van der Waals surface area contributed by atoms with Crippen molar-refractivity contribution in [2.45, 2.75) is 12.1 Å². The van der Waals surface area contributed by atoms with Crippen molar-refractivity contribution < 1.29 is 4.79 Å². The Labute approximate surface area is 58.8 Å². The second kappa shape index (κ2) is 1.87. The van der Waals surface area contributed by atoms with E-state index in [0.717, 1.165) is 0 Å². The molecular weight excluding hydrogens is 128 g/mol. The van der Waals surface area contributed by atoms with Crippen molar-refractivity contribution >= 4 is 6.03 Å². The Morgan fingerprint density at radius 2 is 1.60 bits per heavy atom. The van der Waals surface area contributed by atoms with Gasteiger partial charge >= 0.3 is 6.03 Å². The summed E-state index contributed by atoms with van der Waals surface area (Å²) in [6.07, 6.45) is 7.83. The van der Waals surface area contributed by atoms with E-state index < -0.39 is 0 Å². The molecule has 2 atom stereocenters. The number of amides is 2. The van der Waals surface area contributed by atoms with Crippen LogP contribution in [0.4, 0.5) is 4.79 Å². The third kappa shape index (κ3) is 0.708. The Kier molecular flexibility index (Phi) is 1.03. The van der Waals surface area contributed by atoms with E-state index in [4.69, 9.17) is 0 Å². The van der Waals surface area contributed by atoms with Crippen LogP contribution >= 0.6 is 0 Å². The molecule has 0 saturated carbocycles. The molecule has 1 saturated heterocycles. The first kappa shape index (κ1) is 5.53. The molecule has 10 heavy (non-hydrogen) atoms. The van der Waals surface area contributed by atoms with Gasteiger partial charge < -0.3 is 10.6 Å². The van der Waals surface area contributed by atoms with E-state index in [-0.39, 0.29) is 18.1 Å². The lowest BCUT2D eigenvalue weighted by Crippen LogP contribution is -2.30. The first-order valence-electron chi connectivity index (χ1n) is 3.28. The number of allylic oxidation sites excluding steroid dienone is 2. The van der Waals surface area contributed by atoms with Gasteiger partial charge in [-0.3, -0.25) is 0 Å². The minimum absolute atomic E-state index is 0.0776. The fourth-order valence-electron chi connectivity index (χ4n) is 1.23. The second-order valence-electron chi connectivity index (χ2n) is 2.44. The summed E-state index contributed by atoms with van der Waals surface area (Å²) < 4.78 is 0. The second-order valence-corrected chi connectivity index (χ2v) is 2.44. The van der Waals surface area contributed by atoms with Crippen LogP contribution in [0, 0.1) is 0 Å². The molecule has 1 aliphatic carbocycles. The van der Waals surface area contributed by atoms with E-state index in [2.05, 4.69) is 10.6 Å². The predicted octanol–water partition coefficient (Wildman–Crippen LogP) is 0.162. The van der Waals surface area contributed by atoms with Gasteiger partial charge in [0.25, 0.3) is 0 Å². The summed E-state index contributed by atoms with van der Waals surface area (Å²) in [6, 6.07) is 0.251. The smallest absolute Gasteiger partial charge is 0.315 e. The molecule has 2 amide bonds. The third-order valence-corrected chi connectivity index (χ3v) is 1.73. The first-order chi connectivity index (χ1) is 4.86. The molecule has 2 aliphatic rings. The van der Waals surface area contributed by atoms with Gasteiger partial charge in [0, 0.05) is 0 Å². The highest BCUT2D eigenvalue weighted by Gasteiger charge is 2.27. The van der Waals surface area contributed by atoms with Crippen LogP contribution in [0.25, 0.3) is 0 Å². The Morgan fingerprint density at radius 1 is 1.10 bits per heavy atom. The van der Waals surface area contributed by atoms with Crippen molar-refractivity contribution in [2.24, 2.45) is 0 Å². The molecule has 0 spiro atoms. The molecule has 1 aliphatic heterocycles. The molecule has 0 aromatic heterocycles. The molecule has 3 nitrogen and oxygen atoms in total. The Balaban J connectivity index is 2.22. The topological polar surface area (TPSA) is 41.1 Å². The molecule has 1 heterocycles. The molecule has 0 aromatic rings. The van der Waals surface area contributed by atoms with Crippen molar-refractivity contribution in [3.05, 3.63) is 24.3 Å². The highest BCUT2D eigenvalue weighted by Crippen LogP contribution is 2.08. The van der Waals surface area contributed by atoms with Crippen molar-refractivity contribution in [2.75, 3.05) is 0 Å². The van der Waals surface area contributed by atoms with Crippen LogP contribution in [0.1, 0.15) is 0 Å². The monoisotopic (exact) mass is 136 g/mol. The van der Waals surface area contributed by atoms with Crippen LogP contribution in [0.2, 0.25) is 0 Å². The minimum atomic E-state index is -0.0776. The van der Waals surface area contributed by atoms with Crippen LogP contribution in [-0.2, 0) is 0 Å². The lowest BCUT2D eigenvalue weighted by molar-refractivity contribution is 0.247. The van der Waals surface area contributed by atoms with E-state index >= 15 is 0 Å². The van der Waals surface area contributed by atoms with Gasteiger partial charge in [0.15, 0.2) is 0 Å². The zero-order valence-electron chi connectivity index (χ0n) is 5.37. The summed E-state index contributed by atoms with van der Waals surface area (Å²) in [5, 5.41) is 5.54. The number of rotatable bonds is 0. The van der Waals surface area contributed by atoms with E-state index in [0.29, 0.717) is 0 Å². The zero-order valence-corrected chi connectivity index (χ0v) is 5.37. The Hall–Kier alpha value is -1.25. The van der Waals surface area contributed by atoms with Crippen LogP contribution in [0.5, 0.6) is 0 Å². The van der Waals surface area contributed by atoms with Gasteiger partial charge in [0.2, 0.25) is 0 Å². The molecule has 0 aromatic carbocycles. The number of carbonyl (C=O) groups is 1. The molecule has 3 heteroatoms. The van der Waals surface area contributed by atoms with E-state index in [1.807, 2.05) is 24.3 Å². The number of hydrogen-bond donors (Lipinski definition) is 2. The summed E-state index contributed by atoms with van der Waals surface area (Å²) in [6.45, 7) is 0. The number of fused-ring (bicyclic) bond motifs is 1. The summed E-state index contributed by atoms with van der Waals surface area (Å²) in [4.78, 5) is 10.7. The number of urea groups is 1. The largest absolute Gasteiger partial charge is 0.330 e. The van der Waals surface area contributed by atoms with Gasteiger partial charge in [-0.25, -0.2) is 4.79 Å². The minimum Gasteiger partial charge on any atom is -0.330 e. The molecule has 0 radical (unpaired) electrons. The number of carbonyl (C=O) groups excluding carboxylic acids is 1. The predicted molar refractivity (Wildman–Crippen MR) is 37.5 cm³/mol. The quantitative estimate of drug-likeness (QED) is 0.489. The molecule has 52 valence electrons. The van der Waals surface area contributed by atoms with Gasteiger partial charge in [-0.2, -0.15) is 0 Å². The van der Waals surface area contributed by atoms with Crippen LogP contribution < -0.4 is 10.6 Å². The maximum absolute atomic E-state index is 10.7. The first-order valence-corrected chi connectivity index (χ1v) is 3.28. The van der Waals surface area contributed by atoms with Gasteiger partial charge in [-0.05, 0) is 0 Å². The maximum Gasteiger partial charge on any atom is 0.315 e. The van der Waals surface area contributed by atoms with Crippen LogP contribution in [-0.4, -0.2) is 18.1 Å². The van der Waals surface area contributed by atoms with Gasteiger partial charge in [0.05, 0.1) is 12.1 Å². The van der Waals surface area contributed by atoms with Crippen molar-refractivity contribution in [3.63, 3.8) is 0 Å². The SMILES string of the molecule is O=C1N[C@H]2C=CC=C[C@H]2N1. The lowest BCUT2D eigenvalue weighted by atomic mass is 10.1. The van der Waals surface area contributed by atoms with Crippen molar-refractivity contribution in [1.82, 2.24) is 10.6 Å². The summed E-state index contributed by atoms with van der Waals surface area (Å²) in [5.74, 6) is 0. The number of hydrogen-bond acceptors (Lipinski definition) is 1. The van der Waals surface area contributed by atoms with Crippen molar-refractivity contribution in [1.29, 1.82) is 0 Å². The van der Waals surface area contributed by atoms with Gasteiger partial charge in [-0.15, -0.1) is 0 Å². The summed E-state index contributed by atoms with van der Waals surface area (Å²) in [7, 11) is 0. The maximum atomic E-state index is 10.7. The molecular formula is C7H8N2O. The zero-order chi connectivity index (χ0) is 6.97. The fraction of sp³-hybridized carbons (Fsp3) is 0.286. The standard InChI is InChI=1S/C7H8N2O/c10-7-8-5-3-1-2-4-6(5)9-7/h1-6H,(H2,8,9,10)/t5-,6+. The van der Waals surface area contributed by atoms with Crippen LogP contribution in [0.15, 0.2) is 24.3 Å². The number of nitrogens with one attached hydrogen (secondary N) is 2. The lowest BCUT2D eigenvalue weighted by Gasteiger charge is -2.12. The van der Waals surface area contributed by atoms with E-state index in [1.165, 1.54) is 0 Å².